The molecule has 3 aromatic rings. The van der Waals surface area contributed by atoms with Crippen molar-refractivity contribution in [2.24, 2.45) is 0 Å². The first-order valence-corrected chi connectivity index (χ1v) is 12.6. The summed E-state index contributed by atoms with van der Waals surface area (Å²) < 4.78 is 52.2. The van der Waals surface area contributed by atoms with Gasteiger partial charge in [-0.15, -0.1) is 0 Å². The SMILES string of the molecule is O[C@@H]1CO[C@H]2[C@@H]1OC[C@H]2Oc1nc2nc(NCc3c(F)cc(OC4CCNCC4)cc3F)c(Cl)cc2[nH]1. The Balaban J connectivity index is 1.13. The number of anilines is 1. The van der Waals surface area contributed by atoms with Crippen molar-refractivity contribution < 1.29 is 32.8 Å². The fourth-order valence-electron chi connectivity index (χ4n) is 4.86. The Labute approximate surface area is 215 Å². The maximum atomic E-state index is 14.7. The van der Waals surface area contributed by atoms with Crippen molar-refractivity contribution in [2.45, 2.75) is 49.9 Å². The molecule has 0 spiro atoms. The number of nitrogens with zero attached hydrogens (tertiary/aromatic N) is 2. The lowest BCUT2D eigenvalue weighted by Crippen LogP contribution is -2.34. The lowest BCUT2D eigenvalue weighted by Gasteiger charge is -2.24. The molecular weight excluding hydrogens is 512 g/mol. The summed E-state index contributed by atoms with van der Waals surface area (Å²) in [5.41, 5.74) is 0.665. The van der Waals surface area contributed by atoms with Gasteiger partial charge in [-0.3, -0.25) is 0 Å². The molecule has 37 heavy (non-hydrogen) atoms. The molecule has 6 rings (SSSR count). The molecule has 4 atom stereocenters. The Morgan fingerprint density at radius 3 is 2.59 bits per heavy atom. The second-order valence-electron chi connectivity index (χ2n) is 9.34. The normalized spacial score (nSPS) is 25.9. The molecule has 0 bridgehead atoms. The maximum absolute atomic E-state index is 14.7. The number of aliphatic hydroxyl groups excluding tert-OH is 1. The lowest BCUT2D eigenvalue weighted by atomic mass is 10.1. The first-order chi connectivity index (χ1) is 17.9. The van der Waals surface area contributed by atoms with Gasteiger partial charge in [0.1, 0.15) is 47.6 Å². The molecule has 3 fully saturated rings. The van der Waals surface area contributed by atoms with E-state index in [4.69, 9.17) is 30.5 Å². The third-order valence-electron chi connectivity index (χ3n) is 6.79. The maximum Gasteiger partial charge on any atom is 0.296 e. The Morgan fingerprint density at radius 1 is 1.05 bits per heavy atom. The molecule has 4 N–H and O–H groups in total. The monoisotopic (exact) mass is 537 g/mol. The van der Waals surface area contributed by atoms with Gasteiger partial charge in [0, 0.05) is 24.2 Å². The van der Waals surface area contributed by atoms with Crippen LogP contribution in [0.5, 0.6) is 11.8 Å². The van der Waals surface area contributed by atoms with Crippen LogP contribution in [0.1, 0.15) is 18.4 Å². The van der Waals surface area contributed by atoms with Crippen molar-refractivity contribution >= 4 is 28.6 Å². The van der Waals surface area contributed by atoms with Crippen molar-refractivity contribution in [2.75, 3.05) is 31.6 Å². The molecule has 5 heterocycles. The molecule has 1 aromatic carbocycles. The number of pyridine rings is 1. The van der Waals surface area contributed by atoms with Gasteiger partial charge in [0.15, 0.2) is 11.8 Å². The van der Waals surface area contributed by atoms with Gasteiger partial charge in [0.25, 0.3) is 6.01 Å². The number of halogens is 3. The van der Waals surface area contributed by atoms with E-state index in [0.29, 0.717) is 11.2 Å². The van der Waals surface area contributed by atoms with E-state index in [2.05, 4.69) is 25.6 Å². The first kappa shape index (κ1) is 24.6. The number of aromatic nitrogens is 3. The first-order valence-electron chi connectivity index (χ1n) is 12.2. The fourth-order valence-corrected chi connectivity index (χ4v) is 5.08. The van der Waals surface area contributed by atoms with E-state index in [9.17, 15) is 13.9 Å². The van der Waals surface area contributed by atoms with Gasteiger partial charge in [0.2, 0.25) is 0 Å². The Hall–Kier alpha value is -2.77. The Bertz CT molecular complexity index is 1270. The number of aromatic amines is 1. The largest absolute Gasteiger partial charge is 0.490 e. The van der Waals surface area contributed by atoms with Gasteiger partial charge in [-0.2, -0.15) is 4.98 Å². The second-order valence-corrected chi connectivity index (χ2v) is 9.74. The van der Waals surface area contributed by atoms with E-state index >= 15 is 0 Å². The summed E-state index contributed by atoms with van der Waals surface area (Å²) >= 11 is 6.36. The van der Waals surface area contributed by atoms with Gasteiger partial charge in [-0.1, -0.05) is 11.6 Å². The molecule has 3 aliphatic rings. The predicted molar refractivity (Wildman–Crippen MR) is 129 cm³/mol. The highest BCUT2D eigenvalue weighted by Crippen LogP contribution is 2.31. The molecule has 10 nitrogen and oxygen atoms in total. The van der Waals surface area contributed by atoms with Crippen LogP contribution in [0.15, 0.2) is 18.2 Å². The Kier molecular flexibility index (Phi) is 6.76. The van der Waals surface area contributed by atoms with Crippen molar-refractivity contribution in [3.63, 3.8) is 0 Å². The summed E-state index contributed by atoms with van der Waals surface area (Å²) in [5, 5.41) is 16.2. The number of rotatable bonds is 7. The zero-order chi connectivity index (χ0) is 25.5. The molecule has 3 aliphatic heterocycles. The minimum Gasteiger partial charge on any atom is -0.490 e. The fraction of sp³-hybridized carbons (Fsp3) is 0.500. The molecule has 198 valence electrons. The number of imidazole rings is 1. The summed E-state index contributed by atoms with van der Waals surface area (Å²) in [6.07, 6.45) is -0.444. The summed E-state index contributed by atoms with van der Waals surface area (Å²) in [6, 6.07) is 4.18. The van der Waals surface area contributed by atoms with E-state index in [0.717, 1.165) is 25.9 Å². The van der Waals surface area contributed by atoms with Crippen LogP contribution in [0.3, 0.4) is 0 Å². The number of fused-ring (bicyclic) bond motifs is 2. The molecule has 13 heteroatoms. The van der Waals surface area contributed by atoms with Gasteiger partial charge in [0.05, 0.1) is 23.8 Å². The summed E-state index contributed by atoms with van der Waals surface area (Å²) in [6.45, 7) is 1.89. The van der Waals surface area contributed by atoms with E-state index in [1.807, 2.05) is 0 Å². The van der Waals surface area contributed by atoms with Gasteiger partial charge in [-0.25, -0.2) is 13.8 Å². The number of benzene rings is 1. The third-order valence-corrected chi connectivity index (χ3v) is 7.07. The molecule has 3 saturated heterocycles. The zero-order valence-corrected chi connectivity index (χ0v) is 20.4. The average Bonchev–Trinajstić information content (AvgIpc) is 3.56. The van der Waals surface area contributed by atoms with E-state index in [-0.39, 0.29) is 54.0 Å². The molecule has 0 amide bonds. The minimum absolute atomic E-state index is 0.0682. The van der Waals surface area contributed by atoms with Crippen LogP contribution in [0.4, 0.5) is 14.6 Å². The highest BCUT2D eigenvalue weighted by Gasteiger charge is 2.48. The van der Waals surface area contributed by atoms with Crippen LogP contribution >= 0.6 is 11.6 Å². The van der Waals surface area contributed by atoms with Crippen LogP contribution < -0.4 is 20.1 Å². The number of hydrogen-bond acceptors (Lipinski definition) is 9. The summed E-state index contributed by atoms with van der Waals surface area (Å²) in [5.74, 6) is -1.06. The van der Waals surface area contributed by atoms with Crippen molar-refractivity contribution in [1.82, 2.24) is 20.3 Å². The van der Waals surface area contributed by atoms with Crippen LogP contribution in [0.2, 0.25) is 5.02 Å². The predicted octanol–water partition coefficient (Wildman–Crippen LogP) is 2.54. The van der Waals surface area contributed by atoms with Crippen LogP contribution in [0.25, 0.3) is 11.2 Å². The third kappa shape index (κ3) is 5.04. The number of ether oxygens (including phenoxy) is 4. The number of H-pyrrole nitrogens is 1. The number of piperidine rings is 1. The molecule has 0 aliphatic carbocycles. The van der Waals surface area contributed by atoms with Gasteiger partial charge >= 0.3 is 0 Å². The molecular formula is C24H26ClF2N5O5. The molecule has 0 unspecified atom stereocenters. The number of aliphatic hydroxyl groups is 1. The standard InChI is InChI=1S/C24H26ClF2N5O5/c25-14-7-17-23(32-24(30-17)37-19-10-35-20-18(33)9-34-21(19)20)31-22(14)29-8-13-15(26)5-12(6-16(13)27)36-11-1-3-28-4-2-11/h5-7,11,18-21,28,33H,1-4,8-10H2,(H2,29,30,31,32)/t18-,19-,20-,21-/m1/s1. The molecule has 2 aromatic heterocycles. The zero-order valence-electron chi connectivity index (χ0n) is 19.7. The minimum atomic E-state index is -0.722. The van der Waals surface area contributed by atoms with E-state index in [1.165, 1.54) is 12.1 Å². The quantitative estimate of drug-likeness (QED) is 0.360. The molecule has 0 saturated carbocycles. The number of nitrogens with one attached hydrogen (secondary N) is 3. The van der Waals surface area contributed by atoms with E-state index in [1.54, 1.807) is 6.07 Å². The van der Waals surface area contributed by atoms with Crippen molar-refractivity contribution in [3.8, 4) is 11.8 Å². The second kappa shape index (κ2) is 10.2. The van der Waals surface area contributed by atoms with Crippen LogP contribution in [0, 0.1) is 11.6 Å². The number of hydrogen-bond donors (Lipinski definition) is 4. The topological polar surface area (TPSA) is 123 Å². The summed E-state index contributed by atoms with van der Waals surface area (Å²) in [4.78, 5) is 11.7. The lowest BCUT2D eigenvalue weighted by molar-refractivity contribution is 0.00706. The van der Waals surface area contributed by atoms with E-state index < -0.39 is 36.1 Å². The molecule has 0 radical (unpaired) electrons. The van der Waals surface area contributed by atoms with Crippen molar-refractivity contribution in [1.29, 1.82) is 0 Å². The van der Waals surface area contributed by atoms with Crippen molar-refractivity contribution in [3.05, 3.63) is 40.4 Å². The van der Waals surface area contributed by atoms with Crippen LogP contribution in [-0.4, -0.2) is 76.9 Å². The van der Waals surface area contributed by atoms with Gasteiger partial charge in [-0.05, 0) is 32.0 Å². The average molecular weight is 538 g/mol. The van der Waals surface area contributed by atoms with Crippen LogP contribution in [-0.2, 0) is 16.0 Å². The van der Waals surface area contributed by atoms with Gasteiger partial charge < -0.3 is 39.7 Å². The highest BCUT2D eigenvalue weighted by atomic mass is 35.5. The highest BCUT2D eigenvalue weighted by molar-refractivity contribution is 6.33. The smallest absolute Gasteiger partial charge is 0.296 e. The summed E-state index contributed by atoms with van der Waals surface area (Å²) in [7, 11) is 0. The Morgan fingerprint density at radius 2 is 1.81 bits per heavy atom.